The van der Waals surface area contributed by atoms with Crippen LogP contribution >= 0.6 is 0 Å². The molecule has 3 rings (SSSR count). The first-order chi connectivity index (χ1) is 22.9. The van der Waals surface area contributed by atoms with Crippen molar-refractivity contribution < 1.29 is 46.8 Å². The number of hydrogen-bond acceptors (Lipinski definition) is 8. The minimum atomic E-state index is -1.08. The molecule has 49 heavy (non-hydrogen) atoms. The molecule has 269 valence electrons. The fourth-order valence-electron chi connectivity index (χ4n) is 4.88. The quantitative estimate of drug-likeness (QED) is 0.147. The molecule has 0 saturated heterocycles. The van der Waals surface area contributed by atoms with E-state index in [9.17, 15) is 10.2 Å². The van der Waals surface area contributed by atoms with Crippen molar-refractivity contribution in [2.24, 2.45) is 9.98 Å². The molecular formula is C40H54CoN2O6. The summed E-state index contributed by atoms with van der Waals surface area (Å²) in [5.74, 6) is -1.49. The number of aliphatic carboxylic acids is 2. The van der Waals surface area contributed by atoms with Crippen LogP contribution in [-0.2, 0) is 52.1 Å². The molecule has 1 radical (unpaired) electrons. The van der Waals surface area contributed by atoms with Crippen molar-refractivity contribution in [3.63, 3.8) is 0 Å². The molecule has 9 heteroatoms. The second-order valence-corrected chi connectivity index (χ2v) is 11.8. The third-order valence-electron chi connectivity index (χ3n) is 7.33. The SMILES string of the molecule is CC(=O)[O-].CC(=O)[O-].CCCCc1cc(C=Nc2cccc(N=Cc3cc(CCCC)cc(CCCC)c3O)c2)c(O)c(CCCC)c1.[Co+2]. The molecule has 0 bridgehead atoms. The van der Waals surface area contributed by atoms with Crippen molar-refractivity contribution in [1.82, 2.24) is 0 Å². The van der Waals surface area contributed by atoms with Crippen molar-refractivity contribution >= 4 is 35.7 Å². The summed E-state index contributed by atoms with van der Waals surface area (Å²) in [5, 5.41) is 39.7. The largest absolute Gasteiger partial charge is 2.00 e. The molecular weight excluding hydrogens is 663 g/mol. The topological polar surface area (TPSA) is 145 Å². The van der Waals surface area contributed by atoms with Gasteiger partial charge in [0.25, 0.3) is 0 Å². The number of unbranched alkanes of at least 4 members (excludes halogenated alkanes) is 4. The molecule has 0 fully saturated rings. The first kappa shape index (κ1) is 45.0. The zero-order valence-corrected chi connectivity index (χ0v) is 31.1. The van der Waals surface area contributed by atoms with Gasteiger partial charge in [0, 0.05) is 35.5 Å². The predicted molar refractivity (Wildman–Crippen MR) is 193 cm³/mol. The van der Waals surface area contributed by atoms with Crippen LogP contribution in [0.1, 0.15) is 126 Å². The van der Waals surface area contributed by atoms with E-state index in [0.717, 1.165) is 125 Å². The maximum atomic E-state index is 10.9. The first-order valence-electron chi connectivity index (χ1n) is 17.2. The molecule has 0 spiro atoms. The summed E-state index contributed by atoms with van der Waals surface area (Å²) >= 11 is 0. The molecule has 0 aliphatic heterocycles. The molecule has 0 unspecified atom stereocenters. The van der Waals surface area contributed by atoms with Crippen LogP contribution in [0.5, 0.6) is 11.5 Å². The van der Waals surface area contributed by atoms with Gasteiger partial charge in [-0.3, -0.25) is 9.98 Å². The number of carbonyl (C=O) groups excluding carboxylic acids is 2. The molecule has 3 aromatic rings. The van der Waals surface area contributed by atoms with E-state index in [1.807, 2.05) is 24.3 Å². The number of rotatable bonds is 16. The summed E-state index contributed by atoms with van der Waals surface area (Å²) in [6.07, 6.45) is 16.1. The Morgan fingerprint density at radius 3 is 1.27 bits per heavy atom. The van der Waals surface area contributed by atoms with Gasteiger partial charge < -0.3 is 30.0 Å². The van der Waals surface area contributed by atoms with E-state index in [4.69, 9.17) is 29.8 Å². The third kappa shape index (κ3) is 19.0. The van der Waals surface area contributed by atoms with Crippen LogP contribution in [0.15, 0.2) is 58.5 Å². The number of nitrogens with zero attached hydrogens (tertiary/aromatic N) is 2. The number of hydrogen-bond donors (Lipinski definition) is 2. The number of phenols is 2. The molecule has 0 atom stereocenters. The number of carboxylic acids is 2. The summed E-state index contributed by atoms with van der Waals surface area (Å²) < 4.78 is 0. The van der Waals surface area contributed by atoms with Crippen LogP contribution in [0.25, 0.3) is 0 Å². The molecule has 3 aromatic carbocycles. The number of carbonyl (C=O) groups is 2. The maximum absolute atomic E-state index is 10.9. The van der Waals surface area contributed by atoms with E-state index in [-0.39, 0.29) is 16.8 Å². The van der Waals surface area contributed by atoms with Gasteiger partial charge in [-0.25, -0.2) is 0 Å². The van der Waals surface area contributed by atoms with Crippen LogP contribution in [0, 0.1) is 0 Å². The Balaban J connectivity index is 0.00000230. The molecule has 8 nitrogen and oxygen atoms in total. The van der Waals surface area contributed by atoms with Gasteiger partial charge in [0.15, 0.2) is 0 Å². The van der Waals surface area contributed by atoms with Crippen molar-refractivity contribution in [2.75, 3.05) is 0 Å². The van der Waals surface area contributed by atoms with Crippen molar-refractivity contribution in [2.45, 2.75) is 119 Å². The van der Waals surface area contributed by atoms with Gasteiger partial charge >= 0.3 is 16.8 Å². The van der Waals surface area contributed by atoms with Gasteiger partial charge in [-0.15, -0.1) is 0 Å². The zero-order valence-electron chi connectivity index (χ0n) is 30.0. The predicted octanol–water partition coefficient (Wildman–Crippen LogP) is 7.48. The Labute approximate surface area is 303 Å². The van der Waals surface area contributed by atoms with E-state index in [1.165, 1.54) is 11.1 Å². The number of phenolic OH excluding ortho intramolecular Hbond substituents is 2. The average Bonchev–Trinajstić information content (AvgIpc) is 3.04. The van der Waals surface area contributed by atoms with Crippen LogP contribution in [-0.4, -0.2) is 34.6 Å². The Bertz CT molecular complexity index is 1370. The van der Waals surface area contributed by atoms with Gasteiger partial charge in [0.05, 0.1) is 11.4 Å². The fourth-order valence-corrected chi connectivity index (χ4v) is 4.88. The number of benzene rings is 3. The Kier molecular flexibility index (Phi) is 23.9. The Hall–Kier alpha value is -3.95. The van der Waals surface area contributed by atoms with Crippen LogP contribution < -0.4 is 10.2 Å². The van der Waals surface area contributed by atoms with Crippen LogP contribution in [0.4, 0.5) is 11.4 Å². The molecule has 0 amide bonds. The fraction of sp³-hybridized carbons (Fsp3) is 0.450. The zero-order chi connectivity index (χ0) is 35.9. The van der Waals surface area contributed by atoms with E-state index < -0.39 is 11.9 Å². The summed E-state index contributed by atoms with van der Waals surface area (Å²) in [7, 11) is 0. The summed E-state index contributed by atoms with van der Waals surface area (Å²) in [6, 6.07) is 16.2. The molecule has 0 heterocycles. The minimum Gasteiger partial charge on any atom is -0.550 e. The van der Waals surface area contributed by atoms with E-state index in [1.54, 1.807) is 12.4 Å². The number of aliphatic imine (C=N–C) groups is 2. The smallest absolute Gasteiger partial charge is 0.550 e. The minimum absolute atomic E-state index is 0. The summed E-state index contributed by atoms with van der Waals surface area (Å²) in [4.78, 5) is 27.2. The van der Waals surface area contributed by atoms with E-state index in [0.29, 0.717) is 11.5 Å². The Morgan fingerprint density at radius 1 is 0.612 bits per heavy atom. The molecule has 2 N–H and O–H groups in total. The van der Waals surface area contributed by atoms with Crippen molar-refractivity contribution in [3.8, 4) is 11.5 Å². The maximum Gasteiger partial charge on any atom is 2.00 e. The van der Waals surface area contributed by atoms with Gasteiger partial charge in [-0.05, 0) is 118 Å². The first-order valence-corrected chi connectivity index (χ1v) is 17.2. The average molecular weight is 718 g/mol. The van der Waals surface area contributed by atoms with Crippen molar-refractivity contribution in [1.29, 1.82) is 0 Å². The second kappa shape index (κ2) is 26.0. The van der Waals surface area contributed by atoms with Gasteiger partial charge in [-0.1, -0.05) is 71.6 Å². The number of aryl methyl sites for hydroxylation is 4. The molecule has 0 aromatic heterocycles. The number of carboxylic acid groups (broad SMARTS) is 2. The molecule has 0 aliphatic carbocycles. The standard InChI is InChI=1S/C36H48N2O2.2C2H4O2.Co/c1-5-9-14-27-20-29(16-11-7-3)35(39)31(22-27)25-37-33-18-13-19-34(24-33)38-26-32-23-28(15-10-6-2)21-30(36(32)40)17-12-8-4;2*1-2(3)4;/h13,18-26,39-40H,5-12,14-17H2,1-4H3;2*1H3,(H,3,4);/q;;;+2/p-2. The summed E-state index contributed by atoms with van der Waals surface area (Å²) in [6.45, 7) is 10.7. The Morgan fingerprint density at radius 2 is 0.939 bits per heavy atom. The van der Waals surface area contributed by atoms with Gasteiger partial charge in [0.1, 0.15) is 11.5 Å². The van der Waals surface area contributed by atoms with Crippen LogP contribution in [0.3, 0.4) is 0 Å². The second-order valence-electron chi connectivity index (χ2n) is 11.8. The van der Waals surface area contributed by atoms with Gasteiger partial charge in [0.2, 0.25) is 0 Å². The molecule has 0 aliphatic rings. The monoisotopic (exact) mass is 717 g/mol. The van der Waals surface area contributed by atoms with E-state index >= 15 is 0 Å². The van der Waals surface area contributed by atoms with Crippen LogP contribution in [0.2, 0.25) is 0 Å². The molecule has 0 saturated carbocycles. The van der Waals surface area contributed by atoms with Crippen molar-refractivity contribution in [3.05, 3.63) is 81.9 Å². The number of aromatic hydroxyl groups is 2. The van der Waals surface area contributed by atoms with E-state index in [2.05, 4.69) is 52.0 Å². The van der Waals surface area contributed by atoms with Gasteiger partial charge in [-0.2, -0.15) is 0 Å². The summed E-state index contributed by atoms with van der Waals surface area (Å²) in [5.41, 5.74) is 7.60. The third-order valence-corrected chi connectivity index (χ3v) is 7.33. The normalized spacial score (nSPS) is 10.6.